The van der Waals surface area contributed by atoms with Gasteiger partial charge in [-0.25, -0.2) is 0 Å². The van der Waals surface area contributed by atoms with E-state index in [4.69, 9.17) is 9.47 Å². The molecule has 0 radical (unpaired) electrons. The van der Waals surface area contributed by atoms with Crippen molar-refractivity contribution in [1.29, 1.82) is 0 Å². The van der Waals surface area contributed by atoms with Gasteiger partial charge in [0.25, 0.3) is 11.8 Å². The molecule has 6 heteroatoms. The van der Waals surface area contributed by atoms with E-state index in [-0.39, 0.29) is 25.0 Å². The average Bonchev–Trinajstić information content (AvgIpc) is 3.04. The molecule has 2 N–H and O–H groups in total. The lowest BCUT2D eigenvalue weighted by Gasteiger charge is -2.11. The molecule has 0 bridgehead atoms. The number of benzene rings is 6. The van der Waals surface area contributed by atoms with E-state index in [1.165, 1.54) is 0 Å². The van der Waals surface area contributed by atoms with E-state index >= 15 is 0 Å². The van der Waals surface area contributed by atoms with Gasteiger partial charge in [0.1, 0.15) is 11.5 Å². The first-order chi connectivity index (χ1) is 21.1. The molecular formula is C37H30N2O4. The molecule has 6 aromatic carbocycles. The summed E-state index contributed by atoms with van der Waals surface area (Å²) in [7, 11) is 0. The van der Waals surface area contributed by atoms with E-state index in [9.17, 15) is 9.59 Å². The van der Waals surface area contributed by atoms with Gasteiger partial charge in [-0.1, -0.05) is 97.1 Å². The summed E-state index contributed by atoms with van der Waals surface area (Å²) in [6.45, 7) is -0.151. The van der Waals surface area contributed by atoms with Gasteiger partial charge in [-0.15, -0.1) is 0 Å². The lowest BCUT2D eigenvalue weighted by molar-refractivity contribution is -0.118. The van der Waals surface area contributed by atoms with Crippen LogP contribution in [0.15, 0.2) is 133 Å². The Hall–Kier alpha value is -5.62. The van der Waals surface area contributed by atoms with Crippen LogP contribution in [0.25, 0.3) is 21.5 Å². The fourth-order valence-corrected chi connectivity index (χ4v) is 4.97. The lowest BCUT2D eigenvalue weighted by atomic mass is 10.0. The van der Waals surface area contributed by atoms with Crippen LogP contribution >= 0.6 is 0 Å². The maximum atomic E-state index is 12.5. The predicted octanol–water partition coefficient (Wildman–Crippen LogP) is 7.62. The van der Waals surface area contributed by atoms with Gasteiger partial charge in [-0.2, -0.15) is 0 Å². The second-order valence-electron chi connectivity index (χ2n) is 10.2. The van der Waals surface area contributed by atoms with Crippen LogP contribution in [0.1, 0.15) is 11.1 Å². The van der Waals surface area contributed by atoms with Gasteiger partial charge in [0.2, 0.25) is 0 Å². The first-order valence-electron chi connectivity index (χ1n) is 14.1. The van der Waals surface area contributed by atoms with Crippen molar-refractivity contribution >= 4 is 44.7 Å². The van der Waals surface area contributed by atoms with Gasteiger partial charge in [0.15, 0.2) is 13.2 Å². The normalized spacial score (nSPS) is 10.8. The molecule has 0 aliphatic heterocycles. The number of ether oxygens (including phenoxy) is 2. The van der Waals surface area contributed by atoms with E-state index in [1.807, 2.05) is 133 Å². The molecule has 0 aliphatic carbocycles. The monoisotopic (exact) mass is 566 g/mol. The number of fused-ring (bicyclic) bond motifs is 2. The number of carbonyl (C=O) groups excluding carboxylic acids is 2. The highest BCUT2D eigenvalue weighted by Gasteiger charge is 2.09. The van der Waals surface area contributed by atoms with Crippen LogP contribution in [0.4, 0.5) is 11.4 Å². The van der Waals surface area contributed by atoms with Gasteiger partial charge >= 0.3 is 0 Å². The Morgan fingerprint density at radius 1 is 0.465 bits per heavy atom. The van der Waals surface area contributed by atoms with Gasteiger partial charge < -0.3 is 20.1 Å². The second-order valence-corrected chi connectivity index (χ2v) is 10.2. The minimum absolute atomic E-state index is 0.0755. The van der Waals surface area contributed by atoms with Crippen molar-refractivity contribution in [2.75, 3.05) is 23.8 Å². The highest BCUT2D eigenvalue weighted by Crippen LogP contribution is 2.26. The molecule has 0 fully saturated rings. The van der Waals surface area contributed by atoms with Crippen molar-refractivity contribution in [3.05, 3.63) is 145 Å². The molecule has 0 aliphatic rings. The summed E-state index contributed by atoms with van der Waals surface area (Å²) >= 11 is 0. The van der Waals surface area contributed by atoms with E-state index in [1.54, 1.807) is 0 Å². The molecule has 2 amide bonds. The van der Waals surface area contributed by atoms with Crippen molar-refractivity contribution in [3.63, 3.8) is 0 Å². The van der Waals surface area contributed by atoms with Crippen LogP contribution in [0.3, 0.4) is 0 Å². The van der Waals surface area contributed by atoms with E-state index < -0.39 is 0 Å². The molecule has 43 heavy (non-hydrogen) atoms. The summed E-state index contributed by atoms with van der Waals surface area (Å²) in [4.78, 5) is 25.0. The summed E-state index contributed by atoms with van der Waals surface area (Å²) in [6.07, 6.45) is 0.719. The number of anilines is 2. The number of carbonyl (C=O) groups is 2. The summed E-state index contributed by atoms with van der Waals surface area (Å²) in [5.74, 6) is 0.925. The maximum absolute atomic E-state index is 12.5. The molecule has 0 saturated carbocycles. The molecule has 6 nitrogen and oxygen atoms in total. The van der Waals surface area contributed by atoms with Crippen molar-refractivity contribution < 1.29 is 19.1 Å². The zero-order valence-corrected chi connectivity index (χ0v) is 23.5. The number of hydrogen-bond acceptors (Lipinski definition) is 4. The third-order valence-corrected chi connectivity index (χ3v) is 7.10. The van der Waals surface area contributed by atoms with Crippen molar-refractivity contribution in [2.24, 2.45) is 0 Å². The highest BCUT2D eigenvalue weighted by molar-refractivity contribution is 5.94. The van der Waals surface area contributed by atoms with Crippen LogP contribution in [0.5, 0.6) is 11.5 Å². The number of rotatable bonds is 10. The largest absolute Gasteiger partial charge is 0.483 e. The molecule has 0 heterocycles. The summed E-state index contributed by atoms with van der Waals surface area (Å²) in [5, 5.41) is 9.87. The van der Waals surface area contributed by atoms with Crippen LogP contribution in [-0.4, -0.2) is 25.0 Å². The molecule has 6 rings (SSSR count). The Morgan fingerprint density at radius 3 is 1.30 bits per heavy atom. The Balaban J connectivity index is 0.969. The number of amides is 2. The Bertz CT molecular complexity index is 1730. The molecule has 0 aromatic heterocycles. The second kappa shape index (κ2) is 12.9. The fourth-order valence-electron chi connectivity index (χ4n) is 4.97. The number of hydrogen-bond donors (Lipinski definition) is 2. The van der Waals surface area contributed by atoms with Crippen molar-refractivity contribution in [3.8, 4) is 11.5 Å². The Kier molecular flexibility index (Phi) is 8.27. The molecular weight excluding hydrogens is 536 g/mol. The number of nitrogens with one attached hydrogen (secondary N) is 2. The minimum atomic E-state index is -0.221. The molecule has 0 unspecified atom stereocenters. The third kappa shape index (κ3) is 7.00. The smallest absolute Gasteiger partial charge is 0.262 e. The van der Waals surface area contributed by atoms with Crippen molar-refractivity contribution in [1.82, 2.24) is 0 Å². The third-order valence-electron chi connectivity index (χ3n) is 7.10. The standard InChI is InChI=1S/C37H30N2O4/c40-36(24-42-34-13-5-9-28-7-1-3-11-32(28)34)38-30-19-15-26(16-20-30)23-27-17-21-31(22-18-27)39-37(41)25-43-35-14-6-10-29-8-2-4-12-33(29)35/h1-22H,23-25H2,(H,38,40)(H,39,41). The average molecular weight is 567 g/mol. The minimum Gasteiger partial charge on any atom is -0.483 e. The lowest BCUT2D eigenvalue weighted by Crippen LogP contribution is -2.20. The van der Waals surface area contributed by atoms with E-state index in [0.717, 1.165) is 39.1 Å². The first-order valence-corrected chi connectivity index (χ1v) is 14.1. The zero-order valence-electron chi connectivity index (χ0n) is 23.5. The predicted molar refractivity (Wildman–Crippen MR) is 172 cm³/mol. The highest BCUT2D eigenvalue weighted by atomic mass is 16.5. The fraction of sp³-hybridized carbons (Fsp3) is 0.0811. The first kappa shape index (κ1) is 27.5. The van der Waals surface area contributed by atoms with Gasteiger partial charge in [0, 0.05) is 22.1 Å². The Morgan fingerprint density at radius 2 is 0.860 bits per heavy atom. The Labute approximate surface area is 249 Å². The molecule has 6 aromatic rings. The summed E-state index contributed by atoms with van der Waals surface area (Å²) in [6, 6.07) is 42.9. The quantitative estimate of drug-likeness (QED) is 0.179. The maximum Gasteiger partial charge on any atom is 0.262 e. The van der Waals surface area contributed by atoms with E-state index in [2.05, 4.69) is 10.6 Å². The summed E-state index contributed by atoms with van der Waals surface area (Å²) < 4.78 is 11.6. The van der Waals surface area contributed by atoms with Gasteiger partial charge in [0.05, 0.1) is 0 Å². The van der Waals surface area contributed by atoms with Crippen LogP contribution in [-0.2, 0) is 16.0 Å². The molecule has 0 atom stereocenters. The van der Waals surface area contributed by atoms with Gasteiger partial charge in [-0.05, 0) is 64.7 Å². The van der Waals surface area contributed by atoms with E-state index in [0.29, 0.717) is 22.9 Å². The molecule has 0 saturated heterocycles. The SMILES string of the molecule is O=C(COc1cccc2ccccc12)Nc1ccc(Cc2ccc(NC(=O)COc3cccc4ccccc34)cc2)cc1. The summed E-state index contributed by atoms with van der Waals surface area (Å²) in [5.41, 5.74) is 3.62. The van der Waals surface area contributed by atoms with Crippen LogP contribution < -0.4 is 20.1 Å². The topological polar surface area (TPSA) is 76.7 Å². The zero-order chi connectivity index (χ0) is 29.4. The molecule has 0 spiro atoms. The van der Waals surface area contributed by atoms with Crippen LogP contribution in [0, 0.1) is 0 Å². The van der Waals surface area contributed by atoms with Crippen LogP contribution in [0.2, 0.25) is 0 Å². The van der Waals surface area contributed by atoms with Crippen molar-refractivity contribution in [2.45, 2.75) is 6.42 Å². The molecule has 212 valence electrons. The van der Waals surface area contributed by atoms with Gasteiger partial charge in [-0.3, -0.25) is 9.59 Å².